The molecule has 102 valence electrons. The molecule has 0 spiro atoms. The summed E-state index contributed by atoms with van der Waals surface area (Å²) in [5.74, 6) is 1.38. The van der Waals surface area contributed by atoms with Crippen LogP contribution < -0.4 is 9.47 Å². The lowest BCUT2D eigenvalue weighted by Gasteiger charge is -2.17. The Morgan fingerprint density at radius 3 is 2.17 bits per heavy atom. The van der Waals surface area contributed by atoms with Crippen LogP contribution in [0, 0.1) is 0 Å². The molecule has 1 atom stereocenters. The third-order valence-corrected chi connectivity index (χ3v) is 3.13. The predicted molar refractivity (Wildman–Crippen MR) is 73.3 cm³/mol. The highest BCUT2D eigenvalue weighted by Crippen LogP contribution is 2.36. The molecule has 0 aliphatic heterocycles. The van der Waals surface area contributed by atoms with Crippen LogP contribution in [0.1, 0.15) is 50.7 Å². The molecule has 1 aromatic carbocycles. The average molecular weight is 252 g/mol. The van der Waals surface area contributed by atoms with E-state index in [4.69, 9.17) is 9.47 Å². The summed E-state index contributed by atoms with van der Waals surface area (Å²) in [6.45, 7) is 2.18. The number of unbranched alkanes of at least 4 members (excludes halogenated alkanes) is 3. The number of rotatable bonds is 8. The van der Waals surface area contributed by atoms with Crippen molar-refractivity contribution in [1.29, 1.82) is 0 Å². The normalized spacial score (nSPS) is 12.2. The average Bonchev–Trinajstić information content (AvgIpc) is 2.42. The Morgan fingerprint density at radius 2 is 1.67 bits per heavy atom. The van der Waals surface area contributed by atoms with Crippen molar-refractivity contribution < 1.29 is 14.6 Å². The highest BCUT2D eigenvalue weighted by molar-refractivity contribution is 5.46. The van der Waals surface area contributed by atoms with E-state index < -0.39 is 6.10 Å². The lowest BCUT2D eigenvalue weighted by atomic mass is 10.0. The van der Waals surface area contributed by atoms with E-state index in [1.165, 1.54) is 12.8 Å². The Morgan fingerprint density at radius 1 is 1.06 bits per heavy atom. The topological polar surface area (TPSA) is 38.7 Å². The zero-order chi connectivity index (χ0) is 13.4. The molecule has 1 aromatic rings. The van der Waals surface area contributed by atoms with E-state index in [0.717, 1.165) is 24.8 Å². The van der Waals surface area contributed by atoms with Crippen molar-refractivity contribution in [2.45, 2.75) is 45.1 Å². The summed E-state index contributed by atoms with van der Waals surface area (Å²) >= 11 is 0. The van der Waals surface area contributed by atoms with Crippen LogP contribution in [0.5, 0.6) is 11.5 Å². The third kappa shape index (κ3) is 3.91. The number of hydrogen-bond donors (Lipinski definition) is 1. The van der Waals surface area contributed by atoms with Gasteiger partial charge in [-0.1, -0.05) is 38.7 Å². The molecule has 3 nitrogen and oxygen atoms in total. The van der Waals surface area contributed by atoms with E-state index in [0.29, 0.717) is 11.5 Å². The number of ether oxygens (including phenoxy) is 2. The van der Waals surface area contributed by atoms with Crippen molar-refractivity contribution in [1.82, 2.24) is 0 Å². The van der Waals surface area contributed by atoms with Gasteiger partial charge in [-0.25, -0.2) is 0 Å². The van der Waals surface area contributed by atoms with Gasteiger partial charge in [0.25, 0.3) is 0 Å². The molecule has 0 heterocycles. The van der Waals surface area contributed by atoms with E-state index in [-0.39, 0.29) is 0 Å². The molecule has 0 saturated heterocycles. The van der Waals surface area contributed by atoms with Gasteiger partial charge in [0.15, 0.2) is 0 Å². The summed E-state index contributed by atoms with van der Waals surface area (Å²) in [5.41, 5.74) is 0.763. The van der Waals surface area contributed by atoms with Crippen LogP contribution in [-0.2, 0) is 0 Å². The number of hydrogen-bond acceptors (Lipinski definition) is 3. The SMILES string of the molecule is CCCCCCC(O)c1c(OC)cccc1OC. The van der Waals surface area contributed by atoms with Crippen LogP contribution in [0.4, 0.5) is 0 Å². The summed E-state index contributed by atoms with van der Waals surface area (Å²) in [7, 11) is 3.23. The van der Waals surface area contributed by atoms with Crippen molar-refractivity contribution in [3.05, 3.63) is 23.8 Å². The first-order chi connectivity index (χ1) is 8.74. The van der Waals surface area contributed by atoms with Crippen molar-refractivity contribution >= 4 is 0 Å². The van der Waals surface area contributed by atoms with Gasteiger partial charge in [0.05, 0.1) is 25.9 Å². The van der Waals surface area contributed by atoms with E-state index in [2.05, 4.69) is 6.92 Å². The molecule has 1 rings (SSSR count). The molecule has 0 aromatic heterocycles. The summed E-state index contributed by atoms with van der Waals surface area (Å²) < 4.78 is 10.6. The molecule has 1 unspecified atom stereocenters. The first-order valence-electron chi connectivity index (χ1n) is 6.63. The van der Waals surface area contributed by atoms with Crippen molar-refractivity contribution in [3.63, 3.8) is 0 Å². The Kier molecular flexibility index (Phi) is 6.58. The maximum atomic E-state index is 10.3. The first kappa shape index (κ1) is 14.8. The maximum absolute atomic E-state index is 10.3. The standard InChI is InChI=1S/C15H24O3/c1-4-5-6-7-9-12(16)15-13(17-2)10-8-11-14(15)18-3/h8,10-12,16H,4-7,9H2,1-3H3. The molecule has 0 aliphatic carbocycles. The largest absolute Gasteiger partial charge is 0.496 e. The minimum Gasteiger partial charge on any atom is -0.496 e. The van der Waals surface area contributed by atoms with Crippen molar-refractivity contribution in [2.24, 2.45) is 0 Å². The Hall–Kier alpha value is -1.22. The number of benzene rings is 1. The van der Waals surface area contributed by atoms with E-state index >= 15 is 0 Å². The lowest BCUT2D eigenvalue weighted by molar-refractivity contribution is 0.155. The second-order valence-corrected chi connectivity index (χ2v) is 4.44. The minimum atomic E-state index is -0.520. The van der Waals surface area contributed by atoms with Gasteiger partial charge in [-0.05, 0) is 18.6 Å². The van der Waals surface area contributed by atoms with Crippen molar-refractivity contribution in [3.8, 4) is 11.5 Å². The fourth-order valence-corrected chi connectivity index (χ4v) is 2.12. The highest BCUT2D eigenvalue weighted by Gasteiger charge is 2.18. The Labute approximate surface area is 110 Å². The van der Waals surface area contributed by atoms with E-state index in [9.17, 15) is 5.11 Å². The quantitative estimate of drug-likeness (QED) is 0.717. The molecule has 0 fully saturated rings. The van der Waals surface area contributed by atoms with E-state index in [1.54, 1.807) is 14.2 Å². The molecule has 0 radical (unpaired) electrons. The number of aliphatic hydroxyl groups excluding tert-OH is 1. The van der Waals surface area contributed by atoms with Gasteiger partial charge in [0.2, 0.25) is 0 Å². The molecule has 0 amide bonds. The number of aliphatic hydroxyl groups is 1. The Balaban J connectivity index is 2.73. The van der Waals surface area contributed by atoms with Gasteiger partial charge >= 0.3 is 0 Å². The van der Waals surface area contributed by atoms with Crippen LogP contribution in [-0.4, -0.2) is 19.3 Å². The van der Waals surface area contributed by atoms with Gasteiger partial charge in [-0.15, -0.1) is 0 Å². The highest BCUT2D eigenvalue weighted by atomic mass is 16.5. The molecule has 0 saturated carbocycles. The fraction of sp³-hybridized carbons (Fsp3) is 0.600. The zero-order valence-corrected chi connectivity index (χ0v) is 11.6. The first-order valence-corrected chi connectivity index (χ1v) is 6.63. The molecule has 18 heavy (non-hydrogen) atoms. The fourth-order valence-electron chi connectivity index (χ4n) is 2.12. The summed E-state index contributed by atoms with van der Waals surface area (Å²) in [5, 5.41) is 10.3. The van der Waals surface area contributed by atoms with Gasteiger partial charge < -0.3 is 14.6 Å². The number of methoxy groups -OCH3 is 2. The van der Waals surface area contributed by atoms with E-state index in [1.807, 2.05) is 18.2 Å². The van der Waals surface area contributed by atoms with Gasteiger partial charge in [0, 0.05) is 0 Å². The molecule has 3 heteroatoms. The van der Waals surface area contributed by atoms with Crippen LogP contribution >= 0.6 is 0 Å². The zero-order valence-electron chi connectivity index (χ0n) is 11.6. The van der Waals surface area contributed by atoms with Gasteiger partial charge in [-0.3, -0.25) is 0 Å². The monoisotopic (exact) mass is 252 g/mol. The second kappa shape index (κ2) is 7.98. The lowest BCUT2D eigenvalue weighted by Crippen LogP contribution is -2.03. The van der Waals surface area contributed by atoms with Crippen LogP contribution in [0.2, 0.25) is 0 Å². The molecule has 0 aliphatic rings. The molecule has 0 bridgehead atoms. The van der Waals surface area contributed by atoms with Gasteiger partial charge in [0.1, 0.15) is 11.5 Å². The minimum absolute atomic E-state index is 0.520. The third-order valence-electron chi connectivity index (χ3n) is 3.13. The predicted octanol–water partition coefficient (Wildman–Crippen LogP) is 3.71. The second-order valence-electron chi connectivity index (χ2n) is 4.44. The maximum Gasteiger partial charge on any atom is 0.128 e. The van der Waals surface area contributed by atoms with Gasteiger partial charge in [-0.2, -0.15) is 0 Å². The Bertz CT molecular complexity index is 327. The van der Waals surface area contributed by atoms with Crippen LogP contribution in [0.15, 0.2) is 18.2 Å². The molecular formula is C15H24O3. The summed E-state index contributed by atoms with van der Waals surface area (Å²) in [4.78, 5) is 0. The van der Waals surface area contributed by atoms with Crippen molar-refractivity contribution in [2.75, 3.05) is 14.2 Å². The molecule has 1 N–H and O–H groups in total. The van der Waals surface area contributed by atoms with Crippen LogP contribution in [0.25, 0.3) is 0 Å². The summed E-state index contributed by atoms with van der Waals surface area (Å²) in [6.07, 6.45) is 4.83. The molecular weight excluding hydrogens is 228 g/mol. The summed E-state index contributed by atoms with van der Waals surface area (Å²) in [6, 6.07) is 5.57. The van der Waals surface area contributed by atoms with Crippen LogP contribution in [0.3, 0.4) is 0 Å². The smallest absolute Gasteiger partial charge is 0.128 e.